The van der Waals surface area contributed by atoms with Crippen LogP contribution in [0.15, 0.2) is 0 Å². The largest absolute Gasteiger partial charge is 0.342 e. The molecule has 0 bridgehead atoms. The third-order valence-corrected chi connectivity index (χ3v) is 5.54. The minimum absolute atomic E-state index is 0.249. The van der Waals surface area contributed by atoms with Crippen LogP contribution in [0.5, 0.6) is 0 Å². The second-order valence-corrected chi connectivity index (χ2v) is 6.70. The number of thiazole rings is 1. The molecule has 0 unspecified atom stereocenters. The van der Waals surface area contributed by atoms with E-state index in [9.17, 15) is 4.79 Å². The van der Waals surface area contributed by atoms with E-state index in [2.05, 4.69) is 30.7 Å². The standard InChI is InChI=1S/C15H25N3OS/c1-5-13-16-11(2)15(20-13)12(3)17(4)10-14(19)18-8-6-7-9-18/h12H,5-10H2,1-4H3/t12-/m1/s1. The first-order chi connectivity index (χ1) is 9.52. The second kappa shape index (κ2) is 6.68. The van der Waals surface area contributed by atoms with Gasteiger partial charge >= 0.3 is 0 Å². The predicted octanol–water partition coefficient (Wildman–Crippen LogP) is 2.63. The molecule has 2 rings (SSSR count). The Morgan fingerprint density at radius 3 is 2.65 bits per heavy atom. The molecule has 0 radical (unpaired) electrons. The summed E-state index contributed by atoms with van der Waals surface area (Å²) in [6.07, 6.45) is 3.28. The molecule has 1 aromatic rings. The molecule has 1 aliphatic rings. The van der Waals surface area contributed by atoms with Crippen LogP contribution >= 0.6 is 11.3 Å². The number of likely N-dealkylation sites (tertiary alicyclic amines) is 1. The van der Waals surface area contributed by atoms with Gasteiger partial charge in [-0.1, -0.05) is 6.92 Å². The minimum atomic E-state index is 0.249. The molecule has 0 aliphatic carbocycles. The number of amides is 1. The van der Waals surface area contributed by atoms with Gasteiger partial charge < -0.3 is 4.90 Å². The summed E-state index contributed by atoms with van der Waals surface area (Å²) in [5.41, 5.74) is 1.11. The Kier molecular flexibility index (Phi) is 5.16. The molecule has 1 atom stereocenters. The fourth-order valence-corrected chi connectivity index (χ4v) is 3.75. The van der Waals surface area contributed by atoms with Crippen molar-refractivity contribution >= 4 is 17.2 Å². The van der Waals surface area contributed by atoms with Gasteiger partial charge in [0.15, 0.2) is 0 Å². The lowest BCUT2D eigenvalue weighted by molar-refractivity contribution is -0.131. The van der Waals surface area contributed by atoms with Gasteiger partial charge in [-0.15, -0.1) is 11.3 Å². The van der Waals surface area contributed by atoms with Crippen LogP contribution in [0.2, 0.25) is 0 Å². The third kappa shape index (κ3) is 3.38. The Morgan fingerprint density at radius 1 is 1.45 bits per heavy atom. The van der Waals surface area contributed by atoms with Crippen molar-refractivity contribution in [2.45, 2.75) is 46.1 Å². The Bertz CT molecular complexity index is 466. The van der Waals surface area contributed by atoms with E-state index in [1.807, 2.05) is 11.9 Å². The second-order valence-electron chi connectivity index (χ2n) is 5.59. The van der Waals surface area contributed by atoms with Crippen LogP contribution in [0.25, 0.3) is 0 Å². The fourth-order valence-electron chi connectivity index (χ4n) is 2.62. The fraction of sp³-hybridized carbons (Fsp3) is 0.733. The van der Waals surface area contributed by atoms with Gasteiger partial charge in [-0.25, -0.2) is 4.98 Å². The molecule has 112 valence electrons. The molecule has 0 spiro atoms. The minimum Gasteiger partial charge on any atom is -0.342 e. The summed E-state index contributed by atoms with van der Waals surface area (Å²) in [6, 6.07) is 0.249. The zero-order valence-electron chi connectivity index (χ0n) is 13.0. The molecular formula is C15H25N3OS. The highest BCUT2D eigenvalue weighted by molar-refractivity contribution is 7.11. The first-order valence-corrected chi connectivity index (χ1v) is 8.28. The predicted molar refractivity (Wildman–Crippen MR) is 83.1 cm³/mol. The Labute approximate surface area is 125 Å². The van der Waals surface area contributed by atoms with Crippen LogP contribution in [0.4, 0.5) is 0 Å². The number of carbonyl (C=O) groups excluding carboxylic acids is 1. The molecule has 1 aliphatic heterocycles. The number of likely N-dealkylation sites (N-methyl/N-ethyl adjacent to an activating group) is 1. The number of hydrogen-bond donors (Lipinski definition) is 0. The Balaban J connectivity index is 1.98. The zero-order chi connectivity index (χ0) is 14.7. The third-order valence-electron chi connectivity index (χ3n) is 4.06. The first kappa shape index (κ1) is 15.4. The van der Waals surface area contributed by atoms with E-state index < -0.39 is 0 Å². The molecule has 0 saturated carbocycles. The molecule has 1 saturated heterocycles. The van der Waals surface area contributed by atoms with Gasteiger partial charge in [0.25, 0.3) is 0 Å². The molecule has 1 aromatic heterocycles. The lowest BCUT2D eigenvalue weighted by atomic mass is 10.2. The van der Waals surface area contributed by atoms with Gasteiger partial charge in [0.05, 0.1) is 17.2 Å². The van der Waals surface area contributed by atoms with E-state index in [-0.39, 0.29) is 11.9 Å². The summed E-state index contributed by atoms with van der Waals surface area (Å²) in [5, 5.41) is 1.18. The number of aromatic nitrogens is 1. The van der Waals surface area contributed by atoms with Crippen molar-refractivity contribution in [3.63, 3.8) is 0 Å². The first-order valence-electron chi connectivity index (χ1n) is 7.47. The molecular weight excluding hydrogens is 270 g/mol. The highest BCUT2D eigenvalue weighted by Gasteiger charge is 2.23. The summed E-state index contributed by atoms with van der Waals surface area (Å²) in [4.78, 5) is 22.2. The van der Waals surface area contributed by atoms with Crippen LogP contribution in [-0.2, 0) is 11.2 Å². The molecule has 2 heterocycles. The maximum Gasteiger partial charge on any atom is 0.236 e. The zero-order valence-corrected chi connectivity index (χ0v) is 13.8. The number of nitrogens with zero attached hydrogens (tertiary/aromatic N) is 3. The van der Waals surface area contributed by atoms with Crippen molar-refractivity contribution in [2.75, 3.05) is 26.7 Å². The van der Waals surface area contributed by atoms with E-state index >= 15 is 0 Å². The highest BCUT2D eigenvalue weighted by atomic mass is 32.1. The van der Waals surface area contributed by atoms with Crippen molar-refractivity contribution in [3.8, 4) is 0 Å². The number of aryl methyl sites for hydroxylation is 2. The van der Waals surface area contributed by atoms with Crippen molar-refractivity contribution in [1.82, 2.24) is 14.8 Å². The molecule has 0 N–H and O–H groups in total. The van der Waals surface area contributed by atoms with E-state index in [1.165, 1.54) is 9.88 Å². The summed E-state index contributed by atoms with van der Waals surface area (Å²) in [6.45, 7) is 8.73. The van der Waals surface area contributed by atoms with Crippen LogP contribution in [0.3, 0.4) is 0 Å². The van der Waals surface area contributed by atoms with Crippen molar-refractivity contribution < 1.29 is 4.79 Å². The SMILES string of the molecule is CCc1nc(C)c([C@@H](C)N(C)CC(=O)N2CCCC2)s1. The summed E-state index contributed by atoms with van der Waals surface area (Å²) in [7, 11) is 2.03. The number of hydrogen-bond acceptors (Lipinski definition) is 4. The van der Waals surface area contributed by atoms with E-state index in [0.717, 1.165) is 38.0 Å². The van der Waals surface area contributed by atoms with Crippen molar-refractivity contribution in [1.29, 1.82) is 0 Å². The van der Waals surface area contributed by atoms with Crippen molar-refractivity contribution in [2.24, 2.45) is 0 Å². The van der Waals surface area contributed by atoms with Gasteiger partial charge in [-0.05, 0) is 40.2 Å². The molecule has 20 heavy (non-hydrogen) atoms. The number of carbonyl (C=O) groups is 1. The molecule has 5 heteroatoms. The average molecular weight is 295 g/mol. The maximum atomic E-state index is 12.2. The normalized spacial score (nSPS) is 16.9. The lowest BCUT2D eigenvalue weighted by Crippen LogP contribution is -2.38. The maximum absolute atomic E-state index is 12.2. The van der Waals surface area contributed by atoms with Gasteiger partial charge in [-0.3, -0.25) is 9.69 Å². The van der Waals surface area contributed by atoms with Gasteiger partial charge in [0.1, 0.15) is 0 Å². The summed E-state index contributed by atoms with van der Waals surface area (Å²) in [5.74, 6) is 0.259. The Hall–Kier alpha value is -0.940. The van der Waals surface area contributed by atoms with E-state index in [1.54, 1.807) is 11.3 Å². The summed E-state index contributed by atoms with van der Waals surface area (Å²) < 4.78 is 0. The smallest absolute Gasteiger partial charge is 0.236 e. The molecule has 0 aromatic carbocycles. The van der Waals surface area contributed by atoms with Gasteiger partial charge in [0, 0.05) is 24.0 Å². The van der Waals surface area contributed by atoms with Crippen LogP contribution in [0, 0.1) is 6.92 Å². The summed E-state index contributed by atoms with van der Waals surface area (Å²) >= 11 is 1.78. The highest BCUT2D eigenvalue weighted by Crippen LogP contribution is 2.28. The molecule has 1 amide bonds. The lowest BCUT2D eigenvalue weighted by Gasteiger charge is -2.26. The average Bonchev–Trinajstić information content (AvgIpc) is 3.06. The molecule has 4 nitrogen and oxygen atoms in total. The van der Waals surface area contributed by atoms with Crippen LogP contribution in [-0.4, -0.2) is 47.4 Å². The monoisotopic (exact) mass is 295 g/mol. The molecule has 1 fully saturated rings. The topological polar surface area (TPSA) is 36.4 Å². The quantitative estimate of drug-likeness (QED) is 0.838. The Morgan fingerprint density at radius 2 is 2.10 bits per heavy atom. The van der Waals surface area contributed by atoms with Crippen molar-refractivity contribution in [3.05, 3.63) is 15.6 Å². The van der Waals surface area contributed by atoms with Crippen LogP contribution in [0.1, 0.15) is 48.3 Å². The van der Waals surface area contributed by atoms with Gasteiger partial charge in [0.2, 0.25) is 5.91 Å². The number of rotatable bonds is 5. The van der Waals surface area contributed by atoms with Crippen LogP contribution < -0.4 is 0 Å². The van der Waals surface area contributed by atoms with E-state index in [4.69, 9.17) is 0 Å². The van der Waals surface area contributed by atoms with E-state index in [0.29, 0.717) is 6.54 Å². The van der Waals surface area contributed by atoms with Gasteiger partial charge in [-0.2, -0.15) is 0 Å².